The molecule has 1 aromatic heterocycles. The topological polar surface area (TPSA) is 24.9 Å². The molecule has 18 heavy (non-hydrogen) atoms. The van der Waals surface area contributed by atoms with Crippen molar-refractivity contribution in [2.24, 2.45) is 0 Å². The van der Waals surface area contributed by atoms with Crippen LogP contribution in [0.2, 0.25) is 0 Å². The predicted octanol–water partition coefficient (Wildman–Crippen LogP) is 3.68. The van der Waals surface area contributed by atoms with Crippen LogP contribution in [0.15, 0.2) is 47.2 Å². The highest BCUT2D eigenvalue weighted by Crippen LogP contribution is 2.27. The number of rotatable bonds is 4. The zero-order chi connectivity index (χ0) is 13.0. The van der Waals surface area contributed by atoms with Crippen LogP contribution in [-0.4, -0.2) is 11.5 Å². The van der Waals surface area contributed by atoms with Crippen LogP contribution in [-0.2, 0) is 0 Å². The Labute approximate surface area is 114 Å². The first-order valence-corrected chi connectivity index (χ1v) is 6.60. The summed E-state index contributed by atoms with van der Waals surface area (Å²) in [7, 11) is 0. The van der Waals surface area contributed by atoms with Gasteiger partial charge in [0.2, 0.25) is 0 Å². The van der Waals surface area contributed by atoms with E-state index in [1.807, 2.05) is 25.1 Å². The Bertz CT molecular complexity index is 516. The largest absolute Gasteiger partial charge is 0.306 e. The van der Waals surface area contributed by atoms with Crippen molar-refractivity contribution in [2.45, 2.75) is 13.0 Å². The highest BCUT2D eigenvalue weighted by Gasteiger charge is 2.18. The minimum absolute atomic E-state index is 0.157. The fourth-order valence-electron chi connectivity index (χ4n) is 1.91. The quantitative estimate of drug-likeness (QED) is 0.932. The molecule has 2 aromatic rings. The van der Waals surface area contributed by atoms with Crippen molar-refractivity contribution < 1.29 is 4.39 Å². The number of hydrogen-bond donors (Lipinski definition) is 1. The van der Waals surface area contributed by atoms with Crippen LogP contribution >= 0.6 is 15.9 Å². The fourth-order valence-corrected chi connectivity index (χ4v) is 2.29. The second-order valence-electron chi connectivity index (χ2n) is 3.91. The number of hydrogen-bond acceptors (Lipinski definition) is 2. The standard InChI is InChI=1S/C14H14BrFN2/c1-2-18-14(10-6-8-17-9-7-10)11-4-3-5-12(15)13(11)16/h3-9,14,18H,2H2,1H3. The molecule has 0 bridgehead atoms. The number of benzene rings is 1. The summed E-state index contributed by atoms with van der Waals surface area (Å²) in [5, 5.41) is 3.29. The molecule has 0 aliphatic rings. The third-order valence-corrected chi connectivity index (χ3v) is 3.35. The Kier molecular flexibility index (Phi) is 4.44. The second-order valence-corrected chi connectivity index (χ2v) is 4.77. The van der Waals surface area contributed by atoms with Crippen molar-refractivity contribution in [2.75, 3.05) is 6.54 Å². The lowest BCUT2D eigenvalue weighted by Gasteiger charge is -2.19. The lowest BCUT2D eigenvalue weighted by atomic mass is 9.99. The molecule has 0 aliphatic carbocycles. The van der Waals surface area contributed by atoms with Gasteiger partial charge >= 0.3 is 0 Å². The summed E-state index contributed by atoms with van der Waals surface area (Å²) in [4.78, 5) is 3.99. The predicted molar refractivity (Wildman–Crippen MR) is 73.9 cm³/mol. The van der Waals surface area contributed by atoms with Gasteiger partial charge in [0.05, 0.1) is 10.5 Å². The molecule has 4 heteroatoms. The molecule has 1 unspecified atom stereocenters. The zero-order valence-corrected chi connectivity index (χ0v) is 11.6. The molecule has 1 aromatic carbocycles. The Hall–Kier alpha value is -1.26. The molecule has 2 rings (SSSR count). The Balaban J connectivity index is 2.45. The summed E-state index contributed by atoms with van der Waals surface area (Å²) < 4.78 is 14.6. The van der Waals surface area contributed by atoms with E-state index in [0.717, 1.165) is 12.1 Å². The molecule has 0 aliphatic heterocycles. The maximum atomic E-state index is 14.2. The van der Waals surface area contributed by atoms with E-state index in [9.17, 15) is 4.39 Å². The van der Waals surface area contributed by atoms with Crippen LogP contribution < -0.4 is 5.32 Å². The number of aromatic nitrogens is 1. The summed E-state index contributed by atoms with van der Waals surface area (Å²) >= 11 is 3.22. The lowest BCUT2D eigenvalue weighted by Crippen LogP contribution is -2.23. The molecule has 1 heterocycles. The summed E-state index contributed by atoms with van der Waals surface area (Å²) in [6.07, 6.45) is 3.44. The third kappa shape index (κ3) is 2.76. The average molecular weight is 309 g/mol. The third-order valence-electron chi connectivity index (χ3n) is 2.74. The van der Waals surface area contributed by atoms with Crippen LogP contribution in [0.25, 0.3) is 0 Å². The fraction of sp³-hybridized carbons (Fsp3) is 0.214. The molecule has 0 fully saturated rings. The lowest BCUT2D eigenvalue weighted by molar-refractivity contribution is 0.554. The van der Waals surface area contributed by atoms with Crippen LogP contribution in [0.5, 0.6) is 0 Å². The van der Waals surface area contributed by atoms with E-state index in [-0.39, 0.29) is 11.9 Å². The maximum Gasteiger partial charge on any atom is 0.142 e. The van der Waals surface area contributed by atoms with E-state index in [0.29, 0.717) is 10.0 Å². The molecule has 94 valence electrons. The first kappa shape index (κ1) is 13.2. The first-order valence-electron chi connectivity index (χ1n) is 5.81. The van der Waals surface area contributed by atoms with Crippen LogP contribution in [0.3, 0.4) is 0 Å². The zero-order valence-electron chi connectivity index (χ0n) is 10.0. The first-order chi connectivity index (χ1) is 8.74. The minimum Gasteiger partial charge on any atom is -0.306 e. The average Bonchev–Trinajstić information content (AvgIpc) is 2.41. The van der Waals surface area contributed by atoms with Gasteiger partial charge in [0.25, 0.3) is 0 Å². The maximum absolute atomic E-state index is 14.2. The Morgan fingerprint density at radius 3 is 2.67 bits per heavy atom. The van der Waals surface area contributed by atoms with Crippen LogP contribution in [0.4, 0.5) is 4.39 Å². The smallest absolute Gasteiger partial charge is 0.142 e. The SMILES string of the molecule is CCNC(c1ccncc1)c1cccc(Br)c1F. The van der Waals surface area contributed by atoms with Crippen molar-refractivity contribution in [3.8, 4) is 0 Å². The number of nitrogens with zero attached hydrogens (tertiary/aromatic N) is 1. The van der Waals surface area contributed by atoms with Gasteiger partial charge in [0.15, 0.2) is 0 Å². The molecule has 1 atom stereocenters. The molecule has 0 saturated heterocycles. The summed E-state index contributed by atoms with van der Waals surface area (Å²) in [6, 6.07) is 8.98. The summed E-state index contributed by atoms with van der Waals surface area (Å²) in [6.45, 7) is 2.77. The Morgan fingerprint density at radius 1 is 1.28 bits per heavy atom. The number of halogens is 2. The van der Waals surface area contributed by atoms with E-state index < -0.39 is 0 Å². The van der Waals surface area contributed by atoms with Gasteiger partial charge in [-0.25, -0.2) is 4.39 Å². The van der Waals surface area contributed by atoms with E-state index in [1.54, 1.807) is 24.5 Å². The van der Waals surface area contributed by atoms with Crippen molar-refractivity contribution >= 4 is 15.9 Å². The van der Waals surface area contributed by atoms with Gasteiger partial charge in [0.1, 0.15) is 5.82 Å². The molecule has 0 spiro atoms. The van der Waals surface area contributed by atoms with Gasteiger partial charge in [-0.3, -0.25) is 4.98 Å². The minimum atomic E-state index is -0.222. The van der Waals surface area contributed by atoms with E-state index in [1.165, 1.54) is 0 Å². The molecule has 0 amide bonds. The number of pyridine rings is 1. The normalized spacial score (nSPS) is 12.4. The van der Waals surface area contributed by atoms with Crippen molar-refractivity contribution in [3.05, 3.63) is 64.1 Å². The van der Waals surface area contributed by atoms with Gasteiger partial charge in [0, 0.05) is 18.0 Å². The monoisotopic (exact) mass is 308 g/mol. The molecule has 0 saturated carbocycles. The Morgan fingerprint density at radius 2 is 2.00 bits per heavy atom. The highest BCUT2D eigenvalue weighted by atomic mass is 79.9. The molecular weight excluding hydrogens is 295 g/mol. The van der Waals surface area contributed by atoms with Gasteiger partial charge in [-0.15, -0.1) is 0 Å². The second kappa shape index (κ2) is 6.07. The van der Waals surface area contributed by atoms with E-state index in [2.05, 4.69) is 26.2 Å². The molecule has 2 nitrogen and oxygen atoms in total. The van der Waals surface area contributed by atoms with Crippen LogP contribution in [0.1, 0.15) is 24.1 Å². The highest BCUT2D eigenvalue weighted by molar-refractivity contribution is 9.10. The summed E-state index contributed by atoms with van der Waals surface area (Å²) in [5.74, 6) is -0.222. The number of nitrogens with one attached hydrogen (secondary N) is 1. The van der Waals surface area contributed by atoms with E-state index >= 15 is 0 Å². The molecular formula is C14H14BrFN2. The van der Waals surface area contributed by atoms with Gasteiger partial charge in [-0.2, -0.15) is 0 Å². The molecule has 1 N–H and O–H groups in total. The van der Waals surface area contributed by atoms with Crippen molar-refractivity contribution in [1.82, 2.24) is 10.3 Å². The van der Waals surface area contributed by atoms with Gasteiger partial charge in [-0.05, 0) is 46.2 Å². The van der Waals surface area contributed by atoms with Gasteiger partial charge < -0.3 is 5.32 Å². The van der Waals surface area contributed by atoms with Crippen molar-refractivity contribution in [1.29, 1.82) is 0 Å². The van der Waals surface area contributed by atoms with Crippen molar-refractivity contribution in [3.63, 3.8) is 0 Å². The van der Waals surface area contributed by atoms with Crippen LogP contribution in [0, 0.1) is 5.82 Å². The summed E-state index contributed by atoms with van der Waals surface area (Å²) in [5.41, 5.74) is 1.64. The van der Waals surface area contributed by atoms with Gasteiger partial charge in [-0.1, -0.05) is 19.1 Å². The van der Waals surface area contributed by atoms with E-state index in [4.69, 9.17) is 0 Å². The molecule has 0 radical (unpaired) electrons.